The number of carbonyl (C=O) groups is 4. The van der Waals surface area contributed by atoms with Gasteiger partial charge < -0.3 is 38.8 Å². The van der Waals surface area contributed by atoms with Gasteiger partial charge in [-0.05, 0) is 0 Å². The number of hydrogen-bond donors (Lipinski definition) is 4. The second kappa shape index (κ2) is 16.0. The van der Waals surface area contributed by atoms with Crippen LogP contribution in [0.3, 0.4) is 0 Å². The van der Waals surface area contributed by atoms with Gasteiger partial charge in [-0.25, -0.2) is 19.2 Å². The maximum absolute atomic E-state index is 11.1. The molecule has 0 radical (unpaired) electrons. The second-order valence-electron chi connectivity index (χ2n) is 2.67. The van der Waals surface area contributed by atoms with Crippen LogP contribution in [0.15, 0.2) is 0 Å². The Bertz CT molecular complexity index is 369. The minimum atomic E-state index is -1.03. The van der Waals surface area contributed by atoms with Gasteiger partial charge in [-0.1, -0.05) is 0 Å². The van der Waals surface area contributed by atoms with Gasteiger partial charge in [-0.15, -0.1) is 0 Å². The molecule has 12 nitrogen and oxygen atoms in total. The van der Waals surface area contributed by atoms with E-state index in [-0.39, 0.29) is 32.6 Å². The molecule has 0 rings (SSSR count). The molecule has 0 saturated heterocycles. The monoisotopic (exact) mass is 458 g/mol. The molecule has 0 aliphatic rings. The van der Waals surface area contributed by atoms with Crippen LogP contribution in [0.4, 0.5) is 19.2 Å². The summed E-state index contributed by atoms with van der Waals surface area (Å²) in [6, 6.07) is 0. The summed E-state index contributed by atoms with van der Waals surface area (Å²) >= 11 is 1.90. The van der Waals surface area contributed by atoms with E-state index in [1.807, 2.05) is 0 Å². The van der Waals surface area contributed by atoms with E-state index in [0.717, 1.165) is 0 Å². The maximum Gasteiger partial charge on any atom is 0.420 e. The Balaban J connectivity index is 0. The summed E-state index contributed by atoms with van der Waals surface area (Å²) in [5.41, 5.74) is 9.31. The molecule has 0 aromatic rings. The molecule has 0 spiro atoms. The van der Waals surface area contributed by atoms with E-state index < -0.39 is 24.4 Å². The molecule has 0 heterocycles. The standard InChI is InChI=1S/C6H10N4O8S4.Zn/c7-3(11)15-19-21-17-5(13)9-1-2-10-6(14)18-22-20-16-4(8)12;/h1-2H2,(H2,7,11)(H2,8,12)(H,9,13)(H,10,14);. The van der Waals surface area contributed by atoms with Crippen molar-refractivity contribution in [1.29, 1.82) is 0 Å². The Morgan fingerprint density at radius 3 is 1.30 bits per heavy atom. The molecule has 0 saturated carbocycles. The predicted molar refractivity (Wildman–Crippen MR) is 80.7 cm³/mol. The van der Waals surface area contributed by atoms with Crippen molar-refractivity contribution in [3.8, 4) is 0 Å². The summed E-state index contributed by atoms with van der Waals surface area (Å²) in [5.74, 6) is 0. The maximum atomic E-state index is 11.1. The molecule has 4 amide bonds. The van der Waals surface area contributed by atoms with Crippen molar-refractivity contribution in [1.82, 2.24) is 10.6 Å². The predicted octanol–water partition coefficient (Wildman–Crippen LogP) is 1.05. The molecule has 128 valence electrons. The van der Waals surface area contributed by atoms with Gasteiger partial charge in [0.2, 0.25) is 0 Å². The molecule has 0 aliphatic carbocycles. The normalized spacial score (nSPS) is 8.87. The fourth-order valence-electron chi connectivity index (χ4n) is 0.572. The van der Waals surface area contributed by atoms with E-state index in [2.05, 4.69) is 38.8 Å². The van der Waals surface area contributed by atoms with Crippen molar-refractivity contribution in [3.05, 3.63) is 0 Å². The van der Waals surface area contributed by atoms with Crippen molar-refractivity contribution in [2.75, 3.05) is 13.1 Å². The minimum Gasteiger partial charge on any atom is -0.360 e. The third-order valence-electron chi connectivity index (χ3n) is 1.17. The van der Waals surface area contributed by atoms with E-state index in [1.54, 1.807) is 0 Å². The average Bonchev–Trinajstić information content (AvgIpc) is 2.44. The van der Waals surface area contributed by atoms with Gasteiger partial charge in [-0.2, -0.15) is 0 Å². The summed E-state index contributed by atoms with van der Waals surface area (Å²) in [6.07, 6.45) is -3.69. The van der Waals surface area contributed by atoms with Crippen molar-refractivity contribution in [2.24, 2.45) is 11.5 Å². The number of nitrogens with two attached hydrogens (primary N) is 2. The van der Waals surface area contributed by atoms with Crippen molar-refractivity contribution >= 4 is 68.7 Å². The third kappa shape index (κ3) is 19.1. The van der Waals surface area contributed by atoms with Gasteiger partial charge in [0.05, 0.1) is 0 Å². The zero-order chi connectivity index (χ0) is 16.8. The third-order valence-corrected chi connectivity index (χ3v) is 3.34. The minimum absolute atomic E-state index is 0. The van der Waals surface area contributed by atoms with Gasteiger partial charge in [0, 0.05) is 32.6 Å². The molecule has 0 aliphatic heterocycles. The number of hydrogen-bond acceptors (Lipinski definition) is 12. The molecule has 0 fully saturated rings. The number of rotatable bonds is 9. The Labute approximate surface area is 158 Å². The number of primary amides is 2. The average molecular weight is 460 g/mol. The van der Waals surface area contributed by atoms with Gasteiger partial charge >= 0.3 is 24.4 Å². The van der Waals surface area contributed by atoms with Crippen LogP contribution < -0.4 is 22.1 Å². The first-order valence-electron chi connectivity index (χ1n) is 4.92. The molecule has 17 heteroatoms. The molecule has 0 aromatic carbocycles. The van der Waals surface area contributed by atoms with Crippen LogP contribution in [0, 0.1) is 0 Å². The summed E-state index contributed by atoms with van der Waals surface area (Å²) in [4.78, 5) is 42.5. The molecule has 23 heavy (non-hydrogen) atoms. The Hall–Kier alpha value is -0.897. The Morgan fingerprint density at radius 2 is 1.00 bits per heavy atom. The first-order valence-corrected chi connectivity index (χ1v) is 8.92. The molecular formula is C6H10N4O8S4Zn. The van der Waals surface area contributed by atoms with Crippen LogP contribution in [0.1, 0.15) is 0 Å². The van der Waals surface area contributed by atoms with Crippen LogP contribution >= 0.6 is 44.3 Å². The van der Waals surface area contributed by atoms with E-state index >= 15 is 0 Å². The molecule has 6 N–H and O–H groups in total. The SMILES string of the molecule is NC(=O)OSSOC(=O)NCCNC(=O)OSSOC(N)=O.[Zn]. The molecular weight excluding hydrogens is 450 g/mol. The van der Waals surface area contributed by atoms with E-state index in [9.17, 15) is 19.2 Å². The molecule has 0 bridgehead atoms. The van der Waals surface area contributed by atoms with Gasteiger partial charge in [0.1, 0.15) is 0 Å². The second-order valence-corrected chi connectivity index (χ2v) is 5.52. The molecule has 0 aromatic heterocycles. The number of carbonyl (C=O) groups excluding carboxylic acids is 4. The number of nitrogens with one attached hydrogen (secondary N) is 2. The molecule has 0 unspecified atom stereocenters. The van der Waals surface area contributed by atoms with Gasteiger partial charge in [-0.3, -0.25) is 0 Å². The van der Waals surface area contributed by atoms with Crippen LogP contribution in [-0.4, -0.2) is 37.5 Å². The van der Waals surface area contributed by atoms with Crippen molar-refractivity contribution in [3.63, 3.8) is 0 Å². The summed E-state index contributed by atoms with van der Waals surface area (Å²) < 4.78 is 17.4. The zero-order valence-electron chi connectivity index (χ0n) is 11.2. The van der Waals surface area contributed by atoms with E-state index in [0.29, 0.717) is 44.3 Å². The Morgan fingerprint density at radius 1 is 0.696 bits per heavy atom. The van der Waals surface area contributed by atoms with Crippen LogP contribution in [0.25, 0.3) is 0 Å². The van der Waals surface area contributed by atoms with Crippen molar-refractivity contribution < 1.29 is 55.4 Å². The largest absolute Gasteiger partial charge is 0.420 e. The van der Waals surface area contributed by atoms with Crippen LogP contribution in [0.2, 0.25) is 0 Å². The fraction of sp³-hybridized carbons (Fsp3) is 0.333. The van der Waals surface area contributed by atoms with E-state index in [1.165, 1.54) is 0 Å². The van der Waals surface area contributed by atoms with Gasteiger partial charge in [0.15, 0.2) is 44.3 Å². The number of amides is 4. The fourth-order valence-corrected chi connectivity index (χ4v) is 2.17. The van der Waals surface area contributed by atoms with Crippen LogP contribution in [0.5, 0.6) is 0 Å². The summed E-state index contributed by atoms with van der Waals surface area (Å²) in [5, 5.41) is 4.55. The van der Waals surface area contributed by atoms with E-state index in [4.69, 9.17) is 0 Å². The molecule has 0 atom stereocenters. The van der Waals surface area contributed by atoms with Gasteiger partial charge in [0.25, 0.3) is 0 Å². The Kier molecular flexibility index (Phi) is 16.9. The summed E-state index contributed by atoms with van der Waals surface area (Å²) in [7, 11) is 0. The van der Waals surface area contributed by atoms with Crippen LogP contribution in [-0.2, 0) is 36.2 Å². The first-order chi connectivity index (χ1) is 10.4. The summed E-state index contributed by atoms with van der Waals surface area (Å²) in [6.45, 7) is 0.0941. The smallest absolute Gasteiger partial charge is 0.360 e. The van der Waals surface area contributed by atoms with Crippen molar-refractivity contribution in [2.45, 2.75) is 0 Å². The topological polar surface area (TPSA) is 181 Å². The zero-order valence-corrected chi connectivity index (χ0v) is 17.4. The first kappa shape index (κ1) is 24.4. The quantitative estimate of drug-likeness (QED) is 0.167.